The van der Waals surface area contributed by atoms with Gasteiger partial charge in [-0.3, -0.25) is 10.1 Å². The molecule has 6 heteroatoms. The van der Waals surface area contributed by atoms with Gasteiger partial charge in [0.25, 0.3) is 5.69 Å². The summed E-state index contributed by atoms with van der Waals surface area (Å²) >= 11 is 7.35. The standard InChI is InChI=1S/C11H8ClNO3S/c12-10-6-8(3-4-11(10)13(14)15)16-7-9-2-1-5-17-9/h1-6H,7H2. The summed E-state index contributed by atoms with van der Waals surface area (Å²) in [4.78, 5) is 11.1. The van der Waals surface area contributed by atoms with E-state index in [1.54, 1.807) is 11.3 Å². The number of rotatable bonds is 4. The van der Waals surface area contributed by atoms with Gasteiger partial charge in [-0.2, -0.15) is 0 Å². The maximum absolute atomic E-state index is 10.6. The summed E-state index contributed by atoms with van der Waals surface area (Å²) in [5.74, 6) is 0.522. The second-order valence-corrected chi connectivity index (χ2v) is 4.68. The van der Waals surface area contributed by atoms with Gasteiger partial charge in [-0.15, -0.1) is 11.3 Å². The van der Waals surface area contributed by atoms with Gasteiger partial charge >= 0.3 is 0 Å². The van der Waals surface area contributed by atoms with E-state index >= 15 is 0 Å². The SMILES string of the molecule is O=[N+]([O-])c1ccc(OCc2cccs2)cc1Cl. The third-order valence-corrected chi connectivity index (χ3v) is 3.23. The Morgan fingerprint density at radius 3 is 2.82 bits per heavy atom. The highest BCUT2D eigenvalue weighted by molar-refractivity contribution is 7.09. The molecule has 17 heavy (non-hydrogen) atoms. The highest BCUT2D eigenvalue weighted by atomic mass is 35.5. The Morgan fingerprint density at radius 2 is 2.24 bits per heavy atom. The van der Waals surface area contributed by atoms with Crippen LogP contribution in [0.25, 0.3) is 0 Å². The molecule has 0 aliphatic heterocycles. The predicted molar refractivity (Wildman–Crippen MR) is 66.8 cm³/mol. The van der Waals surface area contributed by atoms with E-state index in [-0.39, 0.29) is 10.7 Å². The van der Waals surface area contributed by atoms with Crippen molar-refractivity contribution in [2.24, 2.45) is 0 Å². The summed E-state index contributed by atoms with van der Waals surface area (Å²) in [6.45, 7) is 0.436. The van der Waals surface area contributed by atoms with Crippen LogP contribution < -0.4 is 4.74 Å². The van der Waals surface area contributed by atoms with Gasteiger partial charge in [-0.25, -0.2) is 0 Å². The van der Waals surface area contributed by atoms with Gasteiger partial charge in [0.15, 0.2) is 0 Å². The van der Waals surface area contributed by atoms with Gasteiger partial charge in [0.2, 0.25) is 0 Å². The fraction of sp³-hybridized carbons (Fsp3) is 0.0909. The number of benzene rings is 1. The first kappa shape index (κ1) is 11.9. The molecular formula is C11H8ClNO3S. The molecule has 2 rings (SSSR count). The largest absolute Gasteiger partial charge is 0.488 e. The summed E-state index contributed by atoms with van der Waals surface area (Å²) in [5, 5.41) is 12.6. The van der Waals surface area contributed by atoms with Crippen molar-refractivity contribution in [1.82, 2.24) is 0 Å². The lowest BCUT2D eigenvalue weighted by atomic mass is 10.3. The number of hydrogen-bond acceptors (Lipinski definition) is 4. The molecule has 0 bridgehead atoms. The smallest absolute Gasteiger partial charge is 0.288 e. The normalized spacial score (nSPS) is 10.2. The Kier molecular flexibility index (Phi) is 3.61. The minimum absolute atomic E-state index is 0.0821. The lowest BCUT2D eigenvalue weighted by Crippen LogP contribution is -1.94. The average Bonchev–Trinajstić information content (AvgIpc) is 2.78. The summed E-state index contributed by atoms with van der Waals surface area (Å²) in [6, 6.07) is 8.22. The zero-order valence-corrected chi connectivity index (χ0v) is 10.2. The number of hydrogen-bond donors (Lipinski definition) is 0. The van der Waals surface area contributed by atoms with E-state index in [0.29, 0.717) is 12.4 Å². The van der Waals surface area contributed by atoms with Crippen molar-refractivity contribution in [3.05, 3.63) is 55.7 Å². The van der Waals surface area contributed by atoms with E-state index in [0.717, 1.165) is 4.88 Å². The predicted octanol–water partition coefficient (Wildman–Crippen LogP) is 3.89. The molecule has 1 aromatic heterocycles. The average molecular weight is 270 g/mol. The third-order valence-electron chi connectivity index (χ3n) is 2.08. The molecule has 0 saturated heterocycles. The summed E-state index contributed by atoms with van der Waals surface area (Å²) in [6.07, 6.45) is 0. The molecule has 0 N–H and O–H groups in total. The van der Waals surface area contributed by atoms with Crippen molar-refractivity contribution in [3.63, 3.8) is 0 Å². The second-order valence-electron chi connectivity index (χ2n) is 3.24. The molecule has 0 radical (unpaired) electrons. The van der Waals surface area contributed by atoms with Crippen molar-refractivity contribution in [1.29, 1.82) is 0 Å². The van der Waals surface area contributed by atoms with Crippen molar-refractivity contribution in [2.75, 3.05) is 0 Å². The molecule has 2 aromatic rings. The molecule has 0 spiro atoms. The molecule has 1 heterocycles. The van der Waals surface area contributed by atoms with E-state index in [9.17, 15) is 10.1 Å². The summed E-state index contributed by atoms with van der Waals surface area (Å²) < 4.78 is 5.47. The fourth-order valence-corrected chi connectivity index (χ4v) is 2.13. The molecule has 4 nitrogen and oxygen atoms in total. The van der Waals surface area contributed by atoms with E-state index in [2.05, 4.69) is 0 Å². The van der Waals surface area contributed by atoms with Gasteiger partial charge < -0.3 is 4.74 Å². The minimum Gasteiger partial charge on any atom is -0.488 e. The maximum atomic E-state index is 10.6. The quantitative estimate of drug-likeness (QED) is 0.625. The zero-order chi connectivity index (χ0) is 12.3. The van der Waals surface area contributed by atoms with Crippen LogP contribution in [0.3, 0.4) is 0 Å². The van der Waals surface area contributed by atoms with Crippen LogP contribution in [0.15, 0.2) is 35.7 Å². The first-order valence-corrected chi connectivity index (χ1v) is 6.01. The molecule has 0 amide bonds. The number of nitro groups is 1. The number of nitro benzene ring substituents is 1. The Labute approximate surface area is 107 Å². The van der Waals surface area contributed by atoms with E-state index in [1.807, 2.05) is 17.5 Å². The van der Waals surface area contributed by atoms with Crippen molar-refractivity contribution >= 4 is 28.6 Å². The van der Waals surface area contributed by atoms with Crippen LogP contribution in [0.2, 0.25) is 5.02 Å². The van der Waals surface area contributed by atoms with Crippen LogP contribution >= 0.6 is 22.9 Å². The fourth-order valence-electron chi connectivity index (χ4n) is 1.27. The van der Waals surface area contributed by atoms with Crippen LogP contribution in [0, 0.1) is 10.1 Å². The van der Waals surface area contributed by atoms with E-state index < -0.39 is 4.92 Å². The van der Waals surface area contributed by atoms with Crippen molar-refractivity contribution in [3.8, 4) is 5.75 Å². The van der Waals surface area contributed by atoms with Crippen LogP contribution in [0.5, 0.6) is 5.75 Å². The van der Waals surface area contributed by atoms with Gasteiger partial charge in [-0.1, -0.05) is 17.7 Å². The molecule has 0 aliphatic carbocycles. The zero-order valence-electron chi connectivity index (χ0n) is 8.63. The lowest BCUT2D eigenvalue weighted by molar-refractivity contribution is -0.384. The first-order valence-electron chi connectivity index (χ1n) is 4.76. The Balaban J connectivity index is 2.07. The number of thiophene rings is 1. The van der Waals surface area contributed by atoms with Gasteiger partial charge in [-0.05, 0) is 17.5 Å². The lowest BCUT2D eigenvalue weighted by Gasteiger charge is -2.04. The van der Waals surface area contributed by atoms with E-state index in [4.69, 9.17) is 16.3 Å². The second kappa shape index (κ2) is 5.16. The monoisotopic (exact) mass is 269 g/mol. The molecule has 0 saturated carbocycles. The number of ether oxygens (including phenoxy) is 1. The summed E-state index contributed by atoms with van der Waals surface area (Å²) in [7, 11) is 0. The van der Waals surface area contributed by atoms with Crippen molar-refractivity contribution < 1.29 is 9.66 Å². The molecule has 0 atom stereocenters. The van der Waals surface area contributed by atoms with Crippen LogP contribution in [-0.4, -0.2) is 4.92 Å². The highest BCUT2D eigenvalue weighted by Gasteiger charge is 2.12. The molecule has 1 aromatic carbocycles. The topological polar surface area (TPSA) is 52.4 Å². The Morgan fingerprint density at radius 1 is 1.41 bits per heavy atom. The van der Waals surface area contributed by atoms with Gasteiger partial charge in [0.1, 0.15) is 17.4 Å². The van der Waals surface area contributed by atoms with Crippen LogP contribution in [0.4, 0.5) is 5.69 Å². The van der Waals surface area contributed by atoms with Crippen LogP contribution in [0.1, 0.15) is 4.88 Å². The summed E-state index contributed by atoms with van der Waals surface area (Å²) in [5.41, 5.74) is -0.116. The Bertz CT molecular complexity index is 528. The third kappa shape index (κ3) is 2.95. The minimum atomic E-state index is -0.522. The molecule has 0 fully saturated rings. The van der Waals surface area contributed by atoms with Crippen molar-refractivity contribution in [2.45, 2.75) is 6.61 Å². The van der Waals surface area contributed by atoms with Gasteiger partial charge in [0.05, 0.1) is 4.92 Å². The molecule has 88 valence electrons. The Hall–Kier alpha value is -1.59. The number of nitrogens with zero attached hydrogens (tertiary/aromatic N) is 1. The molecular weight excluding hydrogens is 262 g/mol. The van der Waals surface area contributed by atoms with Crippen LogP contribution in [-0.2, 0) is 6.61 Å². The number of halogens is 1. The maximum Gasteiger partial charge on any atom is 0.288 e. The molecule has 0 aliphatic rings. The first-order chi connectivity index (χ1) is 8.16. The van der Waals surface area contributed by atoms with E-state index in [1.165, 1.54) is 18.2 Å². The molecule has 0 unspecified atom stereocenters. The highest BCUT2D eigenvalue weighted by Crippen LogP contribution is 2.28. The van der Waals surface area contributed by atoms with Gasteiger partial charge in [0, 0.05) is 17.0 Å².